The second-order valence-electron chi connectivity index (χ2n) is 5.54. The molecule has 24 heavy (non-hydrogen) atoms. The number of aromatic nitrogens is 1. The van der Waals surface area contributed by atoms with Crippen LogP contribution in [0, 0.1) is 0 Å². The van der Waals surface area contributed by atoms with Gasteiger partial charge in [-0.1, -0.05) is 6.07 Å². The first-order chi connectivity index (χ1) is 11.7. The van der Waals surface area contributed by atoms with Crippen LogP contribution in [0.4, 0.5) is 4.79 Å². The van der Waals surface area contributed by atoms with Crippen molar-refractivity contribution < 1.29 is 14.3 Å². The Bertz CT molecular complexity index is 893. The van der Waals surface area contributed by atoms with Gasteiger partial charge in [-0.3, -0.25) is 4.90 Å². The van der Waals surface area contributed by atoms with E-state index in [1.165, 1.54) is 0 Å². The molecule has 0 saturated carbocycles. The maximum atomic E-state index is 12.2. The Labute approximate surface area is 143 Å². The lowest BCUT2D eigenvalue weighted by Gasteiger charge is -2.27. The summed E-state index contributed by atoms with van der Waals surface area (Å²) in [6.45, 7) is 3.59. The third-order valence-corrected chi connectivity index (χ3v) is 4.73. The molecule has 0 atom stereocenters. The highest BCUT2D eigenvalue weighted by Crippen LogP contribution is 2.30. The van der Waals surface area contributed by atoms with Gasteiger partial charge in [0, 0.05) is 21.9 Å². The van der Waals surface area contributed by atoms with Crippen molar-refractivity contribution in [3.05, 3.63) is 52.2 Å². The van der Waals surface area contributed by atoms with Crippen molar-refractivity contribution in [1.29, 1.82) is 0 Å². The van der Waals surface area contributed by atoms with Gasteiger partial charge in [-0.2, -0.15) is 0 Å². The highest BCUT2D eigenvalue weighted by Gasteiger charge is 2.26. The minimum atomic E-state index is -0.358. The van der Waals surface area contributed by atoms with Gasteiger partial charge in [-0.25, -0.2) is 9.78 Å². The van der Waals surface area contributed by atoms with Crippen molar-refractivity contribution in [2.24, 2.45) is 0 Å². The van der Waals surface area contributed by atoms with Crippen molar-refractivity contribution in [3.63, 3.8) is 0 Å². The molecule has 1 aliphatic rings. The van der Waals surface area contributed by atoms with Crippen molar-refractivity contribution in [1.82, 2.24) is 9.88 Å². The van der Waals surface area contributed by atoms with Gasteiger partial charge in [0.05, 0.1) is 25.2 Å². The van der Waals surface area contributed by atoms with Crippen molar-refractivity contribution in [3.8, 4) is 11.6 Å². The molecule has 4 rings (SSSR count). The molecule has 0 N–H and O–H groups in total. The number of fused-ring (bicyclic) bond motifs is 2. The molecule has 0 aliphatic carbocycles. The van der Waals surface area contributed by atoms with Crippen molar-refractivity contribution in [2.75, 3.05) is 6.61 Å². The number of carbonyl (C=O) groups excluding carboxylic acids is 1. The van der Waals surface area contributed by atoms with Crippen molar-refractivity contribution in [2.45, 2.75) is 20.0 Å². The van der Waals surface area contributed by atoms with Gasteiger partial charge in [0.15, 0.2) is 0 Å². The van der Waals surface area contributed by atoms with E-state index in [0.29, 0.717) is 25.6 Å². The van der Waals surface area contributed by atoms with Gasteiger partial charge in [-0.05, 0) is 36.6 Å². The molecule has 1 aliphatic heterocycles. The van der Waals surface area contributed by atoms with E-state index in [0.717, 1.165) is 27.1 Å². The molecule has 3 aromatic rings. The largest absolute Gasteiger partial charge is 0.494 e. The van der Waals surface area contributed by atoms with E-state index in [1.54, 1.807) is 16.2 Å². The topological polar surface area (TPSA) is 51.7 Å². The molecule has 1 aromatic carbocycles. The average molecular weight is 340 g/mol. The number of rotatable bonds is 4. The quantitative estimate of drug-likeness (QED) is 0.714. The molecule has 0 unspecified atom stereocenters. The van der Waals surface area contributed by atoms with Crippen LogP contribution in [0.3, 0.4) is 0 Å². The summed E-state index contributed by atoms with van der Waals surface area (Å²) < 4.78 is 10.9. The lowest BCUT2D eigenvalue weighted by molar-refractivity contribution is 0.133. The first kappa shape index (κ1) is 15.0. The molecule has 6 heteroatoms. The van der Waals surface area contributed by atoms with Crippen LogP contribution in [0.15, 0.2) is 41.8 Å². The van der Waals surface area contributed by atoms with Gasteiger partial charge in [0.1, 0.15) is 5.75 Å². The molecule has 0 bridgehead atoms. The van der Waals surface area contributed by atoms with Gasteiger partial charge >= 0.3 is 6.09 Å². The van der Waals surface area contributed by atoms with Crippen LogP contribution in [0.5, 0.6) is 11.6 Å². The fourth-order valence-electron chi connectivity index (χ4n) is 2.76. The third kappa shape index (κ3) is 2.80. The number of nitrogens with zero attached hydrogens (tertiary/aromatic N) is 2. The van der Waals surface area contributed by atoms with Crippen molar-refractivity contribution >= 4 is 28.3 Å². The minimum absolute atomic E-state index is 0.358. The van der Waals surface area contributed by atoms with Crippen LogP contribution in [-0.4, -0.2) is 22.6 Å². The normalized spacial score (nSPS) is 13.7. The monoisotopic (exact) mass is 340 g/mol. The number of hydrogen-bond donors (Lipinski definition) is 0. The van der Waals surface area contributed by atoms with Crippen LogP contribution in [0.2, 0.25) is 0 Å². The molecule has 2 aromatic heterocycles. The van der Waals surface area contributed by atoms with Crippen LogP contribution >= 0.6 is 11.3 Å². The predicted molar refractivity (Wildman–Crippen MR) is 92.5 cm³/mol. The molecule has 5 nitrogen and oxygen atoms in total. The van der Waals surface area contributed by atoms with Crippen LogP contribution < -0.4 is 9.47 Å². The molecule has 0 radical (unpaired) electrons. The first-order valence-electron chi connectivity index (χ1n) is 7.78. The Hall–Kier alpha value is -2.60. The van der Waals surface area contributed by atoms with Crippen LogP contribution in [-0.2, 0) is 13.1 Å². The summed E-state index contributed by atoms with van der Waals surface area (Å²) in [6.07, 6.45) is -0.358. The zero-order valence-corrected chi connectivity index (χ0v) is 14.0. The average Bonchev–Trinajstić information content (AvgIpc) is 3.07. The van der Waals surface area contributed by atoms with Crippen LogP contribution in [0.25, 0.3) is 10.9 Å². The Morgan fingerprint density at radius 2 is 2.25 bits per heavy atom. The fraction of sp³-hybridized carbons (Fsp3) is 0.222. The van der Waals surface area contributed by atoms with E-state index in [9.17, 15) is 4.79 Å². The number of carbonyl (C=O) groups is 1. The minimum Gasteiger partial charge on any atom is -0.494 e. The summed E-state index contributed by atoms with van der Waals surface area (Å²) in [7, 11) is 0. The zero-order chi connectivity index (χ0) is 16.5. The molecule has 0 saturated heterocycles. The summed E-state index contributed by atoms with van der Waals surface area (Å²) in [5.41, 5.74) is 1.68. The highest BCUT2D eigenvalue weighted by atomic mass is 32.1. The highest BCUT2D eigenvalue weighted by molar-refractivity contribution is 7.09. The summed E-state index contributed by atoms with van der Waals surface area (Å²) in [6, 6.07) is 11.8. The second kappa shape index (κ2) is 6.13. The second-order valence-corrected chi connectivity index (χ2v) is 6.58. The van der Waals surface area contributed by atoms with Gasteiger partial charge in [0.2, 0.25) is 5.88 Å². The molecule has 0 spiro atoms. The number of hydrogen-bond acceptors (Lipinski definition) is 5. The molecular weight excluding hydrogens is 324 g/mol. The van der Waals surface area contributed by atoms with E-state index in [1.807, 2.05) is 48.7 Å². The third-order valence-electron chi connectivity index (χ3n) is 3.87. The number of thiophene rings is 1. The first-order valence-corrected chi connectivity index (χ1v) is 8.66. The van der Waals surface area contributed by atoms with Gasteiger partial charge in [-0.15, -0.1) is 11.3 Å². The Morgan fingerprint density at radius 3 is 3.04 bits per heavy atom. The molecule has 3 heterocycles. The molecule has 122 valence electrons. The maximum absolute atomic E-state index is 12.2. The van der Waals surface area contributed by atoms with E-state index in [2.05, 4.69) is 4.98 Å². The van der Waals surface area contributed by atoms with Gasteiger partial charge in [0.25, 0.3) is 0 Å². The standard InChI is InChI=1S/C18H16N2O3S/c1-2-22-14-6-5-12-8-13-10-20(11-15-4-3-7-24-15)18(21)23-17(13)19-16(12)9-14/h3-9H,2,10-11H2,1H3. The zero-order valence-electron chi connectivity index (χ0n) is 13.2. The number of pyridine rings is 1. The molecule has 1 amide bonds. The lowest BCUT2D eigenvalue weighted by Crippen LogP contribution is -2.36. The number of amides is 1. The molecule has 0 fully saturated rings. The Morgan fingerprint density at radius 1 is 1.33 bits per heavy atom. The Balaban J connectivity index is 1.65. The van der Waals surface area contributed by atoms with E-state index in [-0.39, 0.29) is 6.09 Å². The smallest absolute Gasteiger partial charge is 0.417 e. The Kier molecular flexibility index (Phi) is 3.82. The van der Waals surface area contributed by atoms with Crippen LogP contribution in [0.1, 0.15) is 17.4 Å². The van der Waals surface area contributed by atoms with E-state index in [4.69, 9.17) is 9.47 Å². The van der Waals surface area contributed by atoms with E-state index < -0.39 is 0 Å². The fourth-order valence-corrected chi connectivity index (χ4v) is 3.48. The lowest BCUT2D eigenvalue weighted by atomic mass is 10.1. The number of benzene rings is 1. The van der Waals surface area contributed by atoms with E-state index >= 15 is 0 Å². The SMILES string of the molecule is CCOc1ccc2cc3c(nc2c1)OC(=O)N(Cc1cccs1)C3. The summed E-state index contributed by atoms with van der Waals surface area (Å²) in [4.78, 5) is 19.5. The number of ether oxygens (including phenoxy) is 2. The maximum Gasteiger partial charge on any atom is 0.417 e. The summed E-state index contributed by atoms with van der Waals surface area (Å²) in [5.74, 6) is 1.16. The predicted octanol–water partition coefficient (Wildman–Crippen LogP) is 4.21. The molecular formula is C18H16N2O3S. The summed E-state index contributed by atoms with van der Waals surface area (Å²) in [5, 5.41) is 3.01. The summed E-state index contributed by atoms with van der Waals surface area (Å²) >= 11 is 1.63. The van der Waals surface area contributed by atoms with Gasteiger partial charge < -0.3 is 9.47 Å².